The highest BCUT2D eigenvalue weighted by Crippen LogP contribution is 2.20. The van der Waals surface area contributed by atoms with Crippen molar-refractivity contribution < 1.29 is 9.47 Å². The topological polar surface area (TPSA) is 18.5 Å². The van der Waals surface area contributed by atoms with Crippen LogP contribution >= 0.6 is 26.2 Å². The third kappa shape index (κ3) is 12.2. The molecule has 0 bridgehead atoms. The van der Waals surface area contributed by atoms with Crippen LogP contribution in [0.3, 0.4) is 0 Å². The minimum absolute atomic E-state index is 0. The van der Waals surface area contributed by atoms with E-state index in [1.807, 2.05) is 0 Å². The Bertz CT molecular complexity index is 552. The van der Waals surface area contributed by atoms with E-state index in [0.717, 1.165) is 32.5 Å². The molecular formula is C26H48BrO2P. The molecule has 4 heteroatoms. The van der Waals surface area contributed by atoms with Crippen LogP contribution in [0.15, 0.2) is 6.07 Å². The van der Waals surface area contributed by atoms with Crippen LogP contribution in [-0.2, 0) is 15.9 Å². The predicted molar refractivity (Wildman–Crippen MR) is 142 cm³/mol. The van der Waals surface area contributed by atoms with E-state index < -0.39 is 0 Å². The van der Waals surface area contributed by atoms with Crippen molar-refractivity contribution >= 4 is 31.5 Å². The summed E-state index contributed by atoms with van der Waals surface area (Å²) in [4.78, 5) is 0. The fourth-order valence-corrected chi connectivity index (χ4v) is 4.09. The van der Waals surface area contributed by atoms with E-state index in [-0.39, 0.29) is 23.3 Å². The second kappa shape index (κ2) is 18.6. The van der Waals surface area contributed by atoms with E-state index in [1.54, 1.807) is 0 Å². The molecule has 30 heavy (non-hydrogen) atoms. The first kappa shape index (κ1) is 30.0. The maximum atomic E-state index is 5.94. The summed E-state index contributed by atoms with van der Waals surface area (Å²) in [6.07, 6.45) is 14.7. The maximum absolute atomic E-state index is 5.94. The van der Waals surface area contributed by atoms with Gasteiger partial charge in [0.05, 0.1) is 0 Å². The zero-order valence-corrected chi connectivity index (χ0v) is 23.2. The molecule has 1 aromatic rings. The van der Waals surface area contributed by atoms with Gasteiger partial charge in [-0.05, 0) is 86.9 Å². The van der Waals surface area contributed by atoms with Crippen LogP contribution in [0.1, 0.15) is 107 Å². The highest BCUT2D eigenvalue weighted by Gasteiger charge is 2.09. The van der Waals surface area contributed by atoms with Gasteiger partial charge in [-0.25, -0.2) is 0 Å². The average Bonchev–Trinajstić information content (AvgIpc) is 2.71. The smallest absolute Gasteiger partial charge is 0.157 e. The number of hydrogen-bond donors (Lipinski definition) is 0. The molecule has 0 fully saturated rings. The van der Waals surface area contributed by atoms with Gasteiger partial charge in [-0.2, -0.15) is 0 Å². The van der Waals surface area contributed by atoms with Crippen molar-refractivity contribution in [2.45, 2.75) is 118 Å². The van der Waals surface area contributed by atoms with Gasteiger partial charge >= 0.3 is 0 Å². The summed E-state index contributed by atoms with van der Waals surface area (Å²) in [5.74, 6) is 0. The van der Waals surface area contributed by atoms with Crippen LogP contribution in [0.2, 0.25) is 0 Å². The van der Waals surface area contributed by atoms with Crippen LogP contribution in [0.4, 0.5) is 0 Å². The van der Waals surface area contributed by atoms with E-state index in [4.69, 9.17) is 9.47 Å². The number of unbranched alkanes of at least 4 members (excludes halogenated alkanes) is 7. The Hall–Kier alpha value is 0.0500. The monoisotopic (exact) mass is 502 g/mol. The van der Waals surface area contributed by atoms with Crippen LogP contribution in [0, 0.1) is 20.8 Å². The molecule has 0 aliphatic rings. The summed E-state index contributed by atoms with van der Waals surface area (Å²) < 4.78 is 11.9. The van der Waals surface area contributed by atoms with Crippen molar-refractivity contribution in [1.29, 1.82) is 0 Å². The molecule has 1 atom stereocenters. The second-order valence-corrected chi connectivity index (χ2v) is 9.16. The zero-order chi connectivity index (χ0) is 21.5. The van der Waals surface area contributed by atoms with E-state index in [9.17, 15) is 0 Å². The lowest BCUT2D eigenvalue weighted by Gasteiger charge is -2.18. The van der Waals surface area contributed by atoms with Gasteiger partial charge in [0, 0.05) is 13.2 Å². The maximum Gasteiger partial charge on any atom is 0.157 e. The summed E-state index contributed by atoms with van der Waals surface area (Å²) in [6, 6.07) is 2.37. The van der Waals surface area contributed by atoms with Gasteiger partial charge in [0.15, 0.2) is 6.29 Å². The largest absolute Gasteiger partial charge is 0.353 e. The highest BCUT2D eigenvalue weighted by atomic mass is 79.9. The van der Waals surface area contributed by atoms with Crippen LogP contribution in [0.25, 0.3) is 0 Å². The quantitative estimate of drug-likeness (QED) is 0.122. The lowest BCUT2D eigenvalue weighted by atomic mass is 9.95. The first-order chi connectivity index (χ1) is 14.0. The van der Waals surface area contributed by atoms with E-state index >= 15 is 0 Å². The number of benzene rings is 1. The molecule has 1 unspecified atom stereocenters. The van der Waals surface area contributed by atoms with Gasteiger partial charge in [0.25, 0.3) is 0 Å². The molecular weight excluding hydrogens is 455 g/mol. The Morgan fingerprint density at radius 3 is 1.83 bits per heavy atom. The lowest BCUT2D eigenvalue weighted by Crippen LogP contribution is -2.18. The first-order valence-corrected chi connectivity index (χ1v) is 12.7. The van der Waals surface area contributed by atoms with Gasteiger partial charge in [-0.1, -0.05) is 58.4 Å². The van der Waals surface area contributed by atoms with Crippen molar-refractivity contribution in [1.82, 2.24) is 0 Å². The predicted octanol–water partition coefficient (Wildman–Crippen LogP) is 7.92. The molecule has 1 aromatic carbocycles. The zero-order valence-electron chi connectivity index (χ0n) is 20.4. The normalized spacial score (nSPS) is 11.2. The molecule has 2 nitrogen and oxygen atoms in total. The fraction of sp³-hybridized carbons (Fsp3) is 0.769. The molecule has 0 spiro atoms. The van der Waals surface area contributed by atoms with Crippen LogP contribution < -0.4 is 5.30 Å². The Balaban J connectivity index is 0.00000841. The molecule has 0 amide bonds. The van der Waals surface area contributed by atoms with Crippen molar-refractivity contribution in [3.63, 3.8) is 0 Å². The number of rotatable bonds is 17. The van der Waals surface area contributed by atoms with Gasteiger partial charge in [-0.3, -0.25) is 0 Å². The summed E-state index contributed by atoms with van der Waals surface area (Å²) in [6.45, 7) is 12.8. The van der Waals surface area contributed by atoms with Crippen molar-refractivity contribution in [3.8, 4) is 0 Å². The number of hydrogen-bond acceptors (Lipinski definition) is 2. The van der Waals surface area contributed by atoms with Gasteiger partial charge in [0.1, 0.15) is 0 Å². The Morgan fingerprint density at radius 1 is 0.733 bits per heavy atom. The molecule has 1 rings (SSSR count). The minimum atomic E-state index is 0. The highest BCUT2D eigenvalue weighted by molar-refractivity contribution is 8.93. The number of ether oxygens (including phenoxy) is 2. The van der Waals surface area contributed by atoms with Crippen molar-refractivity contribution in [2.24, 2.45) is 0 Å². The molecule has 0 heterocycles. The molecule has 0 N–H and O–H groups in total. The van der Waals surface area contributed by atoms with E-state index in [1.165, 1.54) is 85.3 Å². The lowest BCUT2D eigenvalue weighted by molar-refractivity contribution is -0.147. The van der Waals surface area contributed by atoms with E-state index in [0.29, 0.717) is 0 Å². The summed E-state index contributed by atoms with van der Waals surface area (Å²) in [5, 5.41) is 1.36. The van der Waals surface area contributed by atoms with Gasteiger partial charge < -0.3 is 9.47 Å². The van der Waals surface area contributed by atoms with E-state index in [2.05, 4.69) is 49.9 Å². The van der Waals surface area contributed by atoms with Crippen molar-refractivity contribution in [3.05, 3.63) is 28.3 Å². The molecule has 0 saturated carbocycles. The Labute approximate surface area is 200 Å². The fourth-order valence-electron chi connectivity index (χ4n) is 3.67. The van der Waals surface area contributed by atoms with Crippen molar-refractivity contribution in [2.75, 3.05) is 13.2 Å². The summed E-state index contributed by atoms with van der Waals surface area (Å²) >= 11 is 0. The Morgan fingerprint density at radius 2 is 1.27 bits per heavy atom. The molecule has 176 valence electrons. The van der Waals surface area contributed by atoms with Gasteiger partial charge in [0.2, 0.25) is 0 Å². The first-order valence-electron chi connectivity index (χ1n) is 12.1. The molecule has 0 aliphatic heterocycles. The third-order valence-corrected chi connectivity index (χ3v) is 6.71. The Kier molecular flexibility index (Phi) is 18.6. The van der Waals surface area contributed by atoms with Gasteiger partial charge in [-0.15, -0.1) is 26.2 Å². The molecule has 0 aromatic heterocycles. The molecule has 0 saturated heterocycles. The molecule has 0 radical (unpaired) electrons. The number of aryl methyl sites for hydroxylation is 1. The summed E-state index contributed by atoms with van der Waals surface area (Å²) in [5.41, 5.74) is 5.91. The van der Waals surface area contributed by atoms with Crippen LogP contribution in [0.5, 0.6) is 0 Å². The third-order valence-electron chi connectivity index (χ3n) is 6.11. The standard InChI is InChI=1S/C26H47O2P.BrH/c1-6-8-18-27-26(28-19-9-7-2)17-15-13-11-10-12-14-16-24-20-25(29)23(5)21(3)22(24)4;/h20,26H,6-19,29H2,1-5H3;1H. The molecule has 0 aliphatic carbocycles. The van der Waals surface area contributed by atoms with Crippen LogP contribution in [-0.4, -0.2) is 19.5 Å². The average molecular weight is 504 g/mol. The second-order valence-electron chi connectivity index (χ2n) is 8.54. The summed E-state index contributed by atoms with van der Waals surface area (Å²) in [7, 11) is 2.90. The minimum Gasteiger partial charge on any atom is -0.353 e. The SMILES string of the molecule is Br.CCCCOC(CCCCCCCCc1cc(P)c(C)c(C)c1C)OCCCC. The number of halogens is 1.